The summed E-state index contributed by atoms with van der Waals surface area (Å²) in [4.78, 5) is 24.3. The van der Waals surface area contributed by atoms with Gasteiger partial charge >= 0.3 is 0 Å². The molecule has 2 N–H and O–H groups in total. The number of carbonyl (C=O) groups excluding carboxylic acids is 2. The summed E-state index contributed by atoms with van der Waals surface area (Å²) in [5.74, 6) is -0.817. The van der Waals surface area contributed by atoms with Crippen LogP contribution in [0.5, 0.6) is 5.75 Å². The Morgan fingerprint density at radius 2 is 1.70 bits per heavy atom. The number of hydrogen-bond donors (Lipinski definition) is 2. The fourth-order valence-electron chi connectivity index (χ4n) is 4.15. The zero-order valence-corrected chi connectivity index (χ0v) is 17.4. The molecule has 0 saturated heterocycles. The first-order valence-corrected chi connectivity index (χ1v) is 10.2. The van der Waals surface area contributed by atoms with Crippen molar-refractivity contribution < 1.29 is 18.7 Å². The summed E-state index contributed by atoms with van der Waals surface area (Å²) < 4.78 is 18.7. The summed E-state index contributed by atoms with van der Waals surface area (Å²) in [7, 11) is 0. The highest BCUT2D eigenvalue weighted by atomic mass is 35.5. The van der Waals surface area contributed by atoms with Crippen molar-refractivity contribution in [2.45, 2.75) is 30.3 Å². The molecule has 156 valence electrons. The SMILES string of the molecule is O=C(/C=C/c1ccc(Cl)cc1)NC12CC(NC(=O)COc3ccc(Cl)c(F)c3)(C1)C2. The highest BCUT2D eigenvalue weighted by Gasteiger charge is 2.69. The van der Waals surface area contributed by atoms with E-state index in [-0.39, 0.29) is 40.3 Å². The standard InChI is InChI=1S/C22H19Cl2FN2O3/c23-15-4-1-14(2-5-15)3-8-19(28)26-21-11-22(12-21,13-21)27-20(29)10-30-16-6-7-17(24)18(25)9-16/h1-9H,10-13H2,(H,26,28)(H,27,29)/b8-3+. The van der Waals surface area contributed by atoms with Gasteiger partial charge in [-0.3, -0.25) is 9.59 Å². The van der Waals surface area contributed by atoms with Crippen molar-refractivity contribution in [2.75, 3.05) is 6.61 Å². The second-order valence-electron chi connectivity index (χ2n) is 7.88. The molecule has 2 amide bonds. The van der Waals surface area contributed by atoms with Crippen LogP contribution in [0.1, 0.15) is 24.8 Å². The Labute approximate surface area is 183 Å². The van der Waals surface area contributed by atoms with Crippen molar-refractivity contribution in [3.05, 3.63) is 70.0 Å². The number of hydrogen-bond acceptors (Lipinski definition) is 3. The summed E-state index contributed by atoms with van der Waals surface area (Å²) in [5, 5.41) is 6.61. The molecule has 2 bridgehead atoms. The summed E-state index contributed by atoms with van der Waals surface area (Å²) >= 11 is 11.5. The van der Waals surface area contributed by atoms with Crippen LogP contribution in [0, 0.1) is 5.82 Å². The third-order valence-corrected chi connectivity index (χ3v) is 5.94. The van der Waals surface area contributed by atoms with Crippen LogP contribution < -0.4 is 15.4 Å². The minimum absolute atomic E-state index is 0.00368. The van der Waals surface area contributed by atoms with Crippen LogP contribution in [-0.4, -0.2) is 29.5 Å². The predicted octanol–water partition coefficient (Wildman–Crippen LogP) is 4.13. The van der Waals surface area contributed by atoms with Crippen LogP contribution >= 0.6 is 23.2 Å². The predicted molar refractivity (Wildman–Crippen MR) is 113 cm³/mol. The average molecular weight is 449 g/mol. The average Bonchev–Trinajstić information content (AvgIpc) is 2.66. The molecule has 3 aliphatic rings. The van der Waals surface area contributed by atoms with Crippen LogP contribution in [0.3, 0.4) is 0 Å². The van der Waals surface area contributed by atoms with Gasteiger partial charge in [0.05, 0.1) is 5.02 Å². The van der Waals surface area contributed by atoms with Crippen molar-refractivity contribution in [3.8, 4) is 5.75 Å². The van der Waals surface area contributed by atoms with E-state index in [1.165, 1.54) is 18.2 Å². The van der Waals surface area contributed by atoms with Crippen molar-refractivity contribution >= 4 is 41.1 Å². The first-order valence-electron chi connectivity index (χ1n) is 9.41. The molecule has 30 heavy (non-hydrogen) atoms. The maximum absolute atomic E-state index is 13.4. The largest absolute Gasteiger partial charge is 0.484 e. The molecule has 5 rings (SSSR count). The van der Waals surface area contributed by atoms with E-state index in [0.717, 1.165) is 11.6 Å². The number of ether oxygens (including phenoxy) is 1. The van der Waals surface area contributed by atoms with Crippen LogP contribution in [0.15, 0.2) is 48.5 Å². The van der Waals surface area contributed by atoms with Crippen LogP contribution in [0.2, 0.25) is 10.0 Å². The molecular weight excluding hydrogens is 430 g/mol. The molecule has 0 aromatic heterocycles. The van der Waals surface area contributed by atoms with Gasteiger partial charge in [0.2, 0.25) is 5.91 Å². The molecule has 3 aliphatic carbocycles. The van der Waals surface area contributed by atoms with E-state index in [1.807, 2.05) is 12.1 Å². The maximum atomic E-state index is 13.4. The van der Waals surface area contributed by atoms with E-state index in [2.05, 4.69) is 10.6 Å². The molecule has 0 spiro atoms. The minimum Gasteiger partial charge on any atom is -0.484 e. The lowest BCUT2D eigenvalue weighted by molar-refractivity contribution is -0.148. The molecular formula is C22H19Cl2FN2O3. The van der Waals surface area contributed by atoms with Crippen molar-refractivity contribution in [1.29, 1.82) is 0 Å². The van der Waals surface area contributed by atoms with E-state index in [4.69, 9.17) is 27.9 Å². The van der Waals surface area contributed by atoms with Gasteiger partial charge in [0.25, 0.3) is 5.91 Å². The van der Waals surface area contributed by atoms with Gasteiger partial charge in [-0.05, 0) is 55.2 Å². The van der Waals surface area contributed by atoms with Crippen molar-refractivity contribution in [1.82, 2.24) is 10.6 Å². The van der Waals surface area contributed by atoms with Gasteiger partial charge in [-0.1, -0.05) is 35.3 Å². The fraction of sp³-hybridized carbons (Fsp3) is 0.273. The monoisotopic (exact) mass is 448 g/mol. The summed E-state index contributed by atoms with van der Waals surface area (Å²) in [6.07, 6.45) is 5.27. The molecule has 0 atom stereocenters. The number of rotatable bonds is 7. The Morgan fingerprint density at radius 3 is 2.37 bits per heavy atom. The van der Waals surface area contributed by atoms with Gasteiger partial charge in [0.1, 0.15) is 11.6 Å². The summed E-state index contributed by atoms with van der Waals surface area (Å²) in [6.45, 7) is -0.216. The third-order valence-electron chi connectivity index (χ3n) is 5.38. The molecule has 8 heteroatoms. The Bertz CT molecular complexity index is 1000. The molecule has 0 radical (unpaired) electrons. The second-order valence-corrected chi connectivity index (χ2v) is 8.72. The summed E-state index contributed by atoms with van der Waals surface area (Å²) in [6, 6.07) is 11.2. The topological polar surface area (TPSA) is 67.4 Å². The lowest BCUT2D eigenvalue weighted by Crippen LogP contribution is -2.83. The molecule has 0 unspecified atom stereocenters. The Kier molecular flexibility index (Phi) is 5.47. The number of nitrogens with one attached hydrogen (secondary N) is 2. The lowest BCUT2D eigenvalue weighted by Gasteiger charge is -2.70. The molecule has 3 fully saturated rings. The number of carbonyl (C=O) groups is 2. The summed E-state index contributed by atoms with van der Waals surface area (Å²) in [5.41, 5.74) is 0.338. The lowest BCUT2D eigenvalue weighted by atomic mass is 9.44. The van der Waals surface area contributed by atoms with Gasteiger partial charge in [-0.15, -0.1) is 0 Å². The molecule has 2 aromatic rings. The zero-order chi connectivity index (χ0) is 21.4. The molecule has 0 aliphatic heterocycles. The quantitative estimate of drug-likeness (QED) is 0.625. The smallest absolute Gasteiger partial charge is 0.258 e. The van der Waals surface area contributed by atoms with E-state index >= 15 is 0 Å². The van der Waals surface area contributed by atoms with Gasteiger partial charge < -0.3 is 15.4 Å². The zero-order valence-electron chi connectivity index (χ0n) is 15.9. The van der Waals surface area contributed by atoms with E-state index in [0.29, 0.717) is 24.3 Å². The van der Waals surface area contributed by atoms with Crippen molar-refractivity contribution in [2.24, 2.45) is 0 Å². The number of benzene rings is 2. The first-order chi connectivity index (χ1) is 14.3. The minimum atomic E-state index is -0.600. The highest BCUT2D eigenvalue weighted by molar-refractivity contribution is 6.31. The Balaban J connectivity index is 1.20. The van der Waals surface area contributed by atoms with Gasteiger partial charge in [-0.2, -0.15) is 0 Å². The Morgan fingerprint density at radius 1 is 1.03 bits per heavy atom. The van der Waals surface area contributed by atoms with Crippen LogP contribution in [0.4, 0.5) is 4.39 Å². The van der Waals surface area contributed by atoms with E-state index < -0.39 is 5.82 Å². The van der Waals surface area contributed by atoms with Gasteiger partial charge in [-0.25, -0.2) is 4.39 Å². The van der Waals surface area contributed by atoms with Gasteiger partial charge in [0.15, 0.2) is 6.61 Å². The fourth-order valence-corrected chi connectivity index (χ4v) is 4.39. The molecule has 3 saturated carbocycles. The molecule has 5 nitrogen and oxygen atoms in total. The van der Waals surface area contributed by atoms with Gasteiger partial charge in [0, 0.05) is 28.2 Å². The maximum Gasteiger partial charge on any atom is 0.258 e. The van der Waals surface area contributed by atoms with E-state index in [1.54, 1.807) is 18.2 Å². The highest BCUT2D eigenvalue weighted by Crippen LogP contribution is 2.60. The van der Waals surface area contributed by atoms with Crippen LogP contribution in [0.25, 0.3) is 6.08 Å². The first kappa shape index (κ1) is 20.7. The number of halogens is 3. The third kappa shape index (κ3) is 4.45. The molecule has 0 heterocycles. The Hall–Kier alpha value is -2.57. The van der Waals surface area contributed by atoms with Crippen LogP contribution in [-0.2, 0) is 9.59 Å². The number of amides is 2. The normalized spacial score (nSPS) is 24.0. The molecule has 2 aromatic carbocycles. The van der Waals surface area contributed by atoms with E-state index in [9.17, 15) is 14.0 Å². The second kappa shape index (κ2) is 7.93. The van der Waals surface area contributed by atoms with Crippen molar-refractivity contribution in [3.63, 3.8) is 0 Å².